The Hall–Kier alpha value is -1.19. The van der Waals surface area contributed by atoms with E-state index in [1.54, 1.807) is 4.68 Å². The van der Waals surface area contributed by atoms with Crippen LogP contribution in [0.4, 0.5) is 0 Å². The standard InChI is InChI=1S/C24H28ClI2N3O5/c1-24(2,15-3-6-19(7-4-15)34-13-17(32)10-25)16-5-8-22(20(26)9-16)35-14-18(33)11-30-23(27)21(12-31)28-29-30/h3-9,17-18,31-33H,10-14H2,1-2H3/i27-4. The molecule has 0 fully saturated rings. The van der Waals surface area contributed by atoms with Gasteiger partial charge in [-0.3, -0.25) is 0 Å². The summed E-state index contributed by atoms with van der Waals surface area (Å²) in [5.74, 6) is 1.50. The van der Waals surface area contributed by atoms with Crippen LogP contribution in [0, 0.1) is 7.27 Å². The maximum absolute atomic E-state index is 10.4. The molecule has 3 rings (SSSR count). The number of aromatic nitrogens is 3. The second-order valence-electron chi connectivity index (χ2n) is 8.55. The van der Waals surface area contributed by atoms with Crippen molar-refractivity contribution in [1.82, 2.24) is 15.0 Å². The van der Waals surface area contributed by atoms with Crippen molar-refractivity contribution in [2.45, 2.75) is 44.6 Å². The van der Waals surface area contributed by atoms with Crippen LogP contribution in [0.2, 0.25) is 0 Å². The fourth-order valence-corrected chi connectivity index (χ4v) is 4.70. The number of benzene rings is 2. The van der Waals surface area contributed by atoms with E-state index in [-0.39, 0.29) is 37.7 Å². The predicted octanol–water partition coefficient (Wildman–Crippen LogP) is 3.72. The van der Waals surface area contributed by atoms with Gasteiger partial charge in [0.05, 0.1) is 22.6 Å². The first-order valence-electron chi connectivity index (χ1n) is 10.9. The van der Waals surface area contributed by atoms with Crippen molar-refractivity contribution >= 4 is 56.8 Å². The Morgan fingerprint density at radius 1 is 1.06 bits per heavy atom. The van der Waals surface area contributed by atoms with E-state index in [1.807, 2.05) is 59.0 Å². The maximum atomic E-state index is 10.4. The lowest BCUT2D eigenvalue weighted by molar-refractivity contribution is 0.0877. The number of nitrogens with zero attached hydrogens (tertiary/aromatic N) is 3. The predicted molar refractivity (Wildman–Crippen MR) is 150 cm³/mol. The number of hydrogen-bond acceptors (Lipinski definition) is 7. The Kier molecular flexibility index (Phi) is 10.4. The molecular formula is C24H28ClI2N3O5. The lowest BCUT2D eigenvalue weighted by Gasteiger charge is -2.27. The van der Waals surface area contributed by atoms with E-state index in [4.69, 9.17) is 21.1 Å². The summed E-state index contributed by atoms with van der Waals surface area (Å²) in [6, 6.07) is 13.8. The lowest BCUT2D eigenvalue weighted by Crippen LogP contribution is -2.25. The van der Waals surface area contributed by atoms with E-state index in [2.05, 4.69) is 52.8 Å². The molecule has 0 spiro atoms. The summed E-state index contributed by atoms with van der Waals surface area (Å²) in [5.41, 5.74) is 2.46. The lowest BCUT2D eigenvalue weighted by atomic mass is 9.78. The zero-order chi connectivity index (χ0) is 25.6. The first-order chi connectivity index (χ1) is 16.6. The SMILES string of the molecule is CC(C)(c1ccc(OCC(O)CCl)cc1)c1ccc(OCC(O)Cn2nnc(CO)c2[123I])c(I)c1. The van der Waals surface area contributed by atoms with Gasteiger partial charge >= 0.3 is 0 Å². The highest BCUT2D eigenvalue weighted by atomic mass is 127. The number of aliphatic hydroxyl groups is 3. The van der Waals surface area contributed by atoms with Gasteiger partial charge in [-0.2, -0.15) is 0 Å². The largest absolute Gasteiger partial charge is 0.491 e. The monoisotopic (exact) mass is 723 g/mol. The van der Waals surface area contributed by atoms with E-state index in [0.29, 0.717) is 20.9 Å². The maximum Gasteiger partial charge on any atom is 0.132 e. The molecule has 0 radical (unpaired) electrons. The molecule has 35 heavy (non-hydrogen) atoms. The summed E-state index contributed by atoms with van der Waals surface area (Å²) in [6.07, 6.45) is -1.47. The summed E-state index contributed by atoms with van der Waals surface area (Å²) in [4.78, 5) is 0. The van der Waals surface area contributed by atoms with E-state index in [1.165, 1.54) is 0 Å². The van der Waals surface area contributed by atoms with Gasteiger partial charge in [-0.1, -0.05) is 37.3 Å². The van der Waals surface area contributed by atoms with Crippen LogP contribution in [0.5, 0.6) is 11.5 Å². The second kappa shape index (κ2) is 12.9. The molecule has 1 heterocycles. The van der Waals surface area contributed by atoms with Crippen LogP contribution in [0.1, 0.15) is 30.7 Å². The smallest absolute Gasteiger partial charge is 0.132 e. The van der Waals surface area contributed by atoms with Crippen molar-refractivity contribution in [2.75, 3.05) is 19.1 Å². The molecular weight excluding hydrogens is 696 g/mol. The molecule has 0 aliphatic carbocycles. The molecule has 2 aromatic carbocycles. The number of hydrogen-bond donors (Lipinski definition) is 3. The first kappa shape index (κ1) is 28.4. The molecule has 0 saturated heterocycles. The molecule has 0 aliphatic heterocycles. The molecule has 8 nitrogen and oxygen atoms in total. The van der Waals surface area contributed by atoms with Crippen molar-refractivity contribution < 1.29 is 24.8 Å². The van der Waals surface area contributed by atoms with E-state index >= 15 is 0 Å². The Bertz CT molecular complexity index is 1110. The molecule has 0 saturated carbocycles. The van der Waals surface area contributed by atoms with E-state index in [0.717, 1.165) is 14.7 Å². The Morgan fingerprint density at radius 2 is 1.71 bits per heavy atom. The van der Waals surface area contributed by atoms with Crippen LogP contribution in [0.3, 0.4) is 0 Å². The molecule has 1 aromatic heterocycles. The summed E-state index contributed by atoms with van der Waals surface area (Å²) >= 11 is 9.89. The van der Waals surface area contributed by atoms with Crippen molar-refractivity contribution in [2.24, 2.45) is 0 Å². The van der Waals surface area contributed by atoms with Crippen LogP contribution in [0.25, 0.3) is 0 Å². The third-order valence-electron chi connectivity index (χ3n) is 5.55. The molecule has 2 atom stereocenters. The Labute approximate surface area is 236 Å². The topological polar surface area (TPSA) is 110 Å². The van der Waals surface area contributed by atoms with Crippen LogP contribution in [-0.4, -0.2) is 61.6 Å². The van der Waals surface area contributed by atoms with Gasteiger partial charge in [-0.15, -0.1) is 16.7 Å². The van der Waals surface area contributed by atoms with Crippen molar-refractivity contribution in [3.63, 3.8) is 0 Å². The van der Waals surface area contributed by atoms with Gasteiger partial charge < -0.3 is 24.8 Å². The zero-order valence-electron chi connectivity index (χ0n) is 19.4. The molecule has 2 unspecified atom stereocenters. The summed E-state index contributed by atoms with van der Waals surface area (Å²) in [6.45, 7) is 4.58. The Morgan fingerprint density at radius 3 is 2.31 bits per heavy atom. The third-order valence-corrected chi connectivity index (χ3v) is 7.93. The van der Waals surface area contributed by atoms with Crippen LogP contribution >= 0.6 is 56.8 Å². The molecule has 3 aromatic rings. The number of ether oxygens (including phenoxy) is 2. The van der Waals surface area contributed by atoms with Crippen molar-refractivity contribution in [3.8, 4) is 11.5 Å². The first-order valence-corrected chi connectivity index (χ1v) is 13.6. The van der Waals surface area contributed by atoms with Crippen LogP contribution < -0.4 is 9.47 Å². The summed E-state index contributed by atoms with van der Waals surface area (Å²) in [5, 5.41) is 37.0. The molecule has 0 amide bonds. The summed E-state index contributed by atoms with van der Waals surface area (Å²) < 4.78 is 14.6. The average molecular weight is 724 g/mol. The minimum Gasteiger partial charge on any atom is -0.491 e. The van der Waals surface area contributed by atoms with E-state index in [9.17, 15) is 15.3 Å². The summed E-state index contributed by atoms with van der Waals surface area (Å²) in [7, 11) is 0. The van der Waals surface area contributed by atoms with Crippen molar-refractivity contribution in [1.29, 1.82) is 0 Å². The molecule has 0 bridgehead atoms. The van der Waals surface area contributed by atoms with Gasteiger partial charge in [0, 0.05) is 5.41 Å². The number of rotatable bonds is 12. The number of alkyl halides is 1. The molecule has 190 valence electrons. The molecule has 11 heteroatoms. The minimum absolute atomic E-state index is 0.100. The van der Waals surface area contributed by atoms with Gasteiger partial charge in [0.1, 0.15) is 46.3 Å². The highest BCUT2D eigenvalue weighted by Gasteiger charge is 2.24. The minimum atomic E-state index is -0.782. The van der Waals surface area contributed by atoms with Crippen molar-refractivity contribution in [3.05, 3.63) is 66.6 Å². The third kappa shape index (κ3) is 7.41. The molecule has 0 aliphatic rings. The number of halogens is 3. The quantitative estimate of drug-likeness (QED) is 0.193. The van der Waals surface area contributed by atoms with Gasteiger partial charge in [-0.05, 0) is 80.6 Å². The highest BCUT2D eigenvalue weighted by molar-refractivity contribution is 14.1. The molecule has 3 N–H and O–H groups in total. The fourth-order valence-electron chi connectivity index (χ4n) is 3.37. The van der Waals surface area contributed by atoms with E-state index < -0.39 is 12.2 Å². The van der Waals surface area contributed by atoms with Gasteiger partial charge in [0.25, 0.3) is 0 Å². The van der Waals surface area contributed by atoms with Gasteiger partial charge in [-0.25, -0.2) is 4.68 Å². The van der Waals surface area contributed by atoms with Crippen LogP contribution in [-0.2, 0) is 18.6 Å². The Balaban J connectivity index is 1.62. The second-order valence-corrected chi connectivity index (χ2v) is 11.0. The normalized spacial score (nSPS) is 13.5. The van der Waals surface area contributed by atoms with Crippen LogP contribution in [0.15, 0.2) is 42.5 Å². The highest BCUT2D eigenvalue weighted by Crippen LogP contribution is 2.35. The van der Waals surface area contributed by atoms with Gasteiger partial charge in [0.2, 0.25) is 0 Å². The average Bonchev–Trinajstić information content (AvgIpc) is 3.20. The zero-order valence-corrected chi connectivity index (χ0v) is 24.4. The number of aliphatic hydroxyl groups excluding tert-OH is 3. The van der Waals surface area contributed by atoms with Gasteiger partial charge in [0.15, 0.2) is 0 Å². The fraction of sp³-hybridized carbons (Fsp3) is 0.417.